The molecule has 1 heterocycles. The van der Waals surface area contributed by atoms with Crippen LogP contribution in [0.2, 0.25) is 0 Å². The second kappa shape index (κ2) is 7.88. The number of benzene rings is 3. The van der Waals surface area contributed by atoms with Crippen LogP contribution in [0.4, 0.5) is 0 Å². The molecule has 4 aromatic rings. The number of aromatic nitrogens is 2. The Morgan fingerprint density at radius 3 is 2.39 bits per heavy atom. The molecule has 0 N–H and O–H groups in total. The SMILES string of the molecule is Cc1ccccc1COC(=O)c1ccc(Oc2cnc3ccccc3n2)cc1. The fraction of sp³-hybridized carbons (Fsp3) is 0.0870. The Morgan fingerprint density at radius 1 is 0.893 bits per heavy atom. The maximum atomic E-state index is 12.3. The summed E-state index contributed by atoms with van der Waals surface area (Å²) >= 11 is 0. The quantitative estimate of drug-likeness (QED) is 0.458. The number of aryl methyl sites for hydroxylation is 1. The largest absolute Gasteiger partial charge is 0.457 e. The average Bonchev–Trinajstić information content (AvgIpc) is 2.73. The van der Waals surface area contributed by atoms with E-state index in [1.807, 2.05) is 55.5 Å². The maximum Gasteiger partial charge on any atom is 0.338 e. The standard InChI is InChI=1S/C23H18N2O3/c1-16-6-2-3-7-18(16)15-27-23(26)17-10-12-19(13-11-17)28-22-14-24-20-8-4-5-9-21(20)25-22/h2-14H,15H2,1H3. The smallest absolute Gasteiger partial charge is 0.338 e. The molecule has 4 rings (SSSR count). The van der Waals surface area contributed by atoms with Gasteiger partial charge in [-0.15, -0.1) is 0 Å². The van der Waals surface area contributed by atoms with Gasteiger partial charge in [0.15, 0.2) is 0 Å². The van der Waals surface area contributed by atoms with Gasteiger partial charge in [0, 0.05) is 0 Å². The van der Waals surface area contributed by atoms with Crippen LogP contribution < -0.4 is 4.74 Å². The van der Waals surface area contributed by atoms with E-state index in [0.717, 1.165) is 22.2 Å². The van der Waals surface area contributed by atoms with Gasteiger partial charge in [0.1, 0.15) is 12.4 Å². The van der Waals surface area contributed by atoms with Gasteiger partial charge in [0.25, 0.3) is 0 Å². The molecule has 5 nitrogen and oxygen atoms in total. The van der Waals surface area contributed by atoms with Gasteiger partial charge in [-0.05, 0) is 54.4 Å². The highest BCUT2D eigenvalue weighted by Crippen LogP contribution is 2.21. The number of fused-ring (bicyclic) bond motifs is 1. The highest BCUT2D eigenvalue weighted by molar-refractivity contribution is 5.89. The van der Waals surface area contributed by atoms with Crippen LogP contribution >= 0.6 is 0 Å². The van der Waals surface area contributed by atoms with Crippen LogP contribution in [-0.4, -0.2) is 15.9 Å². The second-order valence-corrected chi connectivity index (χ2v) is 6.33. The molecule has 138 valence electrons. The Labute approximate surface area is 162 Å². The number of esters is 1. The summed E-state index contributed by atoms with van der Waals surface area (Å²) in [4.78, 5) is 21.0. The number of para-hydroxylation sites is 2. The first-order valence-corrected chi connectivity index (χ1v) is 8.90. The van der Waals surface area contributed by atoms with Crippen molar-refractivity contribution in [2.45, 2.75) is 13.5 Å². The van der Waals surface area contributed by atoms with Crippen LogP contribution in [0.1, 0.15) is 21.5 Å². The fourth-order valence-electron chi connectivity index (χ4n) is 2.77. The summed E-state index contributed by atoms with van der Waals surface area (Å²) in [6, 6.07) is 22.2. The molecular formula is C23H18N2O3. The summed E-state index contributed by atoms with van der Waals surface area (Å²) in [7, 11) is 0. The van der Waals surface area contributed by atoms with Crippen LogP contribution in [0, 0.1) is 6.92 Å². The summed E-state index contributed by atoms with van der Waals surface area (Å²) in [6.45, 7) is 2.24. The van der Waals surface area contributed by atoms with E-state index in [-0.39, 0.29) is 12.6 Å². The van der Waals surface area contributed by atoms with E-state index in [2.05, 4.69) is 9.97 Å². The number of carbonyl (C=O) groups is 1. The van der Waals surface area contributed by atoms with Gasteiger partial charge in [0.05, 0.1) is 22.8 Å². The zero-order valence-electron chi connectivity index (χ0n) is 15.3. The number of rotatable bonds is 5. The lowest BCUT2D eigenvalue weighted by Crippen LogP contribution is -2.05. The van der Waals surface area contributed by atoms with E-state index >= 15 is 0 Å². The summed E-state index contributed by atoms with van der Waals surface area (Å²) in [5.74, 6) is 0.592. The molecule has 0 radical (unpaired) electrons. The molecule has 0 bridgehead atoms. The first-order chi connectivity index (χ1) is 13.7. The van der Waals surface area contributed by atoms with Crippen molar-refractivity contribution in [2.24, 2.45) is 0 Å². The van der Waals surface area contributed by atoms with Crippen molar-refractivity contribution in [3.8, 4) is 11.6 Å². The first-order valence-electron chi connectivity index (χ1n) is 8.90. The van der Waals surface area contributed by atoms with Crippen molar-refractivity contribution in [2.75, 3.05) is 0 Å². The van der Waals surface area contributed by atoms with Crippen molar-refractivity contribution in [1.82, 2.24) is 9.97 Å². The first kappa shape index (κ1) is 17.7. The van der Waals surface area contributed by atoms with Crippen LogP contribution in [0.5, 0.6) is 11.6 Å². The number of ether oxygens (including phenoxy) is 2. The van der Waals surface area contributed by atoms with Crippen molar-refractivity contribution in [1.29, 1.82) is 0 Å². The van der Waals surface area contributed by atoms with E-state index in [1.165, 1.54) is 0 Å². The lowest BCUT2D eigenvalue weighted by molar-refractivity contribution is 0.0472. The normalized spacial score (nSPS) is 10.6. The molecule has 0 aliphatic rings. The third-order valence-corrected chi connectivity index (χ3v) is 4.36. The van der Waals surface area contributed by atoms with E-state index in [0.29, 0.717) is 17.2 Å². The summed E-state index contributed by atoms with van der Waals surface area (Å²) < 4.78 is 11.1. The van der Waals surface area contributed by atoms with Gasteiger partial charge in [0.2, 0.25) is 5.88 Å². The minimum atomic E-state index is -0.375. The lowest BCUT2D eigenvalue weighted by Gasteiger charge is -2.08. The second-order valence-electron chi connectivity index (χ2n) is 6.33. The Balaban J connectivity index is 1.41. The topological polar surface area (TPSA) is 61.3 Å². The summed E-state index contributed by atoms with van der Waals surface area (Å²) in [6.07, 6.45) is 1.58. The minimum absolute atomic E-state index is 0.246. The molecule has 0 unspecified atom stereocenters. The van der Waals surface area contributed by atoms with Crippen molar-refractivity contribution >= 4 is 17.0 Å². The van der Waals surface area contributed by atoms with Gasteiger partial charge < -0.3 is 9.47 Å². The molecule has 0 spiro atoms. The zero-order chi connectivity index (χ0) is 19.3. The van der Waals surface area contributed by atoms with Gasteiger partial charge >= 0.3 is 5.97 Å². The van der Waals surface area contributed by atoms with Crippen LogP contribution in [0.3, 0.4) is 0 Å². The molecule has 1 aromatic heterocycles. The van der Waals surface area contributed by atoms with Crippen molar-refractivity contribution in [3.05, 3.63) is 95.7 Å². The van der Waals surface area contributed by atoms with E-state index in [4.69, 9.17) is 9.47 Å². The van der Waals surface area contributed by atoms with Crippen molar-refractivity contribution < 1.29 is 14.3 Å². The Hall–Kier alpha value is -3.73. The zero-order valence-corrected chi connectivity index (χ0v) is 15.3. The fourth-order valence-corrected chi connectivity index (χ4v) is 2.77. The molecule has 0 aliphatic carbocycles. The predicted molar refractivity (Wildman–Crippen MR) is 106 cm³/mol. The van der Waals surface area contributed by atoms with Gasteiger partial charge in [-0.25, -0.2) is 14.8 Å². The Kier molecular flexibility index (Phi) is 4.97. The molecule has 3 aromatic carbocycles. The van der Waals surface area contributed by atoms with E-state index in [1.54, 1.807) is 30.5 Å². The Morgan fingerprint density at radius 2 is 1.61 bits per heavy atom. The highest BCUT2D eigenvalue weighted by atomic mass is 16.5. The Bertz CT molecular complexity index is 1120. The van der Waals surface area contributed by atoms with Crippen LogP contribution in [-0.2, 0) is 11.3 Å². The molecule has 0 aliphatic heterocycles. The highest BCUT2D eigenvalue weighted by Gasteiger charge is 2.09. The molecular weight excluding hydrogens is 352 g/mol. The molecule has 0 saturated carbocycles. The summed E-state index contributed by atoms with van der Waals surface area (Å²) in [5.41, 5.74) is 4.12. The van der Waals surface area contributed by atoms with Crippen LogP contribution in [0.15, 0.2) is 79.0 Å². The van der Waals surface area contributed by atoms with E-state index in [9.17, 15) is 4.79 Å². The molecule has 0 saturated heterocycles. The molecule has 0 fully saturated rings. The maximum absolute atomic E-state index is 12.3. The van der Waals surface area contributed by atoms with Gasteiger partial charge in [-0.1, -0.05) is 36.4 Å². The molecule has 5 heteroatoms. The average molecular weight is 370 g/mol. The van der Waals surface area contributed by atoms with Gasteiger partial charge in [-0.2, -0.15) is 0 Å². The minimum Gasteiger partial charge on any atom is -0.457 e. The number of hydrogen-bond acceptors (Lipinski definition) is 5. The third-order valence-electron chi connectivity index (χ3n) is 4.36. The monoisotopic (exact) mass is 370 g/mol. The third kappa shape index (κ3) is 3.99. The summed E-state index contributed by atoms with van der Waals surface area (Å²) in [5, 5.41) is 0. The number of carbonyl (C=O) groups excluding carboxylic acids is 1. The predicted octanol–water partition coefficient (Wildman–Crippen LogP) is 5.09. The molecule has 0 amide bonds. The van der Waals surface area contributed by atoms with Crippen molar-refractivity contribution in [3.63, 3.8) is 0 Å². The number of nitrogens with zero attached hydrogens (tertiary/aromatic N) is 2. The number of hydrogen-bond donors (Lipinski definition) is 0. The molecule has 28 heavy (non-hydrogen) atoms. The van der Waals surface area contributed by atoms with Gasteiger partial charge in [-0.3, -0.25) is 0 Å². The lowest BCUT2D eigenvalue weighted by atomic mass is 10.1. The van der Waals surface area contributed by atoms with E-state index < -0.39 is 0 Å². The molecule has 0 atom stereocenters. The van der Waals surface area contributed by atoms with Crippen LogP contribution in [0.25, 0.3) is 11.0 Å².